The fourth-order valence-electron chi connectivity index (χ4n) is 1.63. The summed E-state index contributed by atoms with van der Waals surface area (Å²) in [5, 5.41) is 11.8. The third-order valence-electron chi connectivity index (χ3n) is 2.75. The first-order chi connectivity index (χ1) is 10.2. The minimum atomic E-state index is -0.344. The van der Waals surface area contributed by atoms with Crippen molar-refractivity contribution in [2.24, 2.45) is 0 Å². The lowest BCUT2D eigenvalue weighted by Gasteiger charge is -2.04. The zero-order valence-corrected chi connectivity index (χ0v) is 13.2. The van der Waals surface area contributed by atoms with Gasteiger partial charge in [-0.05, 0) is 43.4 Å². The van der Waals surface area contributed by atoms with E-state index in [1.54, 1.807) is 17.8 Å². The molecule has 21 heavy (non-hydrogen) atoms. The first kappa shape index (κ1) is 17.3. The highest BCUT2D eigenvalue weighted by Gasteiger charge is 2.08. The second kappa shape index (κ2) is 10.0. The van der Waals surface area contributed by atoms with Gasteiger partial charge < -0.3 is 10.1 Å². The van der Waals surface area contributed by atoms with E-state index >= 15 is 0 Å². The lowest BCUT2D eigenvalue weighted by molar-refractivity contribution is -0.117. The molecule has 112 valence electrons. The largest absolute Gasteiger partial charge is 0.382 e. The van der Waals surface area contributed by atoms with Crippen molar-refractivity contribution >= 4 is 23.7 Å². The Morgan fingerprint density at radius 3 is 2.71 bits per heavy atom. The minimum Gasteiger partial charge on any atom is -0.382 e. The van der Waals surface area contributed by atoms with Crippen LogP contribution >= 0.6 is 11.8 Å². The molecule has 1 rings (SSSR count). The molecule has 4 nitrogen and oxygen atoms in total. The molecule has 0 aromatic heterocycles. The minimum absolute atomic E-state index is 0.114. The highest BCUT2D eigenvalue weighted by molar-refractivity contribution is 7.98. The predicted octanol–water partition coefficient (Wildman–Crippen LogP) is 2.86. The molecule has 5 heteroatoms. The van der Waals surface area contributed by atoms with Crippen LogP contribution in [-0.2, 0) is 9.53 Å². The maximum atomic E-state index is 11.9. The fourth-order valence-corrected chi connectivity index (χ4v) is 2.04. The monoisotopic (exact) mass is 304 g/mol. The molecule has 0 unspecified atom stereocenters. The van der Waals surface area contributed by atoms with E-state index in [2.05, 4.69) is 5.32 Å². The molecule has 0 atom stereocenters. The lowest BCUT2D eigenvalue weighted by atomic mass is 10.1. The van der Waals surface area contributed by atoms with Gasteiger partial charge in [-0.3, -0.25) is 4.79 Å². The van der Waals surface area contributed by atoms with E-state index in [9.17, 15) is 4.79 Å². The summed E-state index contributed by atoms with van der Waals surface area (Å²) in [6, 6.07) is 9.66. The van der Waals surface area contributed by atoms with Crippen LogP contribution in [0.1, 0.15) is 18.9 Å². The fraction of sp³-hybridized carbons (Fsp3) is 0.375. The van der Waals surface area contributed by atoms with Crippen molar-refractivity contribution in [2.75, 3.05) is 26.0 Å². The number of amides is 1. The van der Waals surface area contributed by atoms with Gasteiger partial charge in [-0.1, -0.05) is 12.1 Å². The van der Waals surface area contributed by atoms with Gasteiger partial charge in [0.15, 0.2) is 0 Å². The number of nitriles is 1. The second-order valence-electron chi connectivity index (χ2n) is 4.25. The van der Waals surface area contributed by atoms with E-state index in [1.165, 1.54) is 0 Å². The maximum Gasteiger partial charge on any atom is 0.261 e. The molecule has 0 fully saturated rings. The van der Waals surface area contributed by atoms with Gasteiger partial charge in [0.1, 0.15) is 11.6 Å². The van der Waals surface area contributed by atoms with Crippen molar-refractivity contribution in [3.05, 3.63) is 35.4 Å². The van der Waals surface area contributed by atoms with Gasteiger partial charge in [-0.15, -0.1) is 11.8 Å². The maximum absolute atomic E-state index is 11.9. The summed E-state index contributed by atoms with van der Waals surface area (Å²) in [6.45, 7) is 3.71. The standard InChI is InChI=1S/C16H20N2O2S/c1-3-20-10-4-9-18-16(19)14(12-17)11-13-5-7-15(21-2)8-6-13/h5-8,11H,3-4,9-10H2,1-2H3,(H,18,19)/b14-11+. The van der Waals surface area contributed by atoms with E-state index in [0.29, 0.717) is 19.8 Å². The summed E-state index contributed by atoms with van der Waals surface area (Å²) in [6.07, 6.45) is 4.34. The third kappa shape index (κ3) is 6.48. The molecule has 1 amide bonds. The van der Waals surface area contributed by atoms with Crippen molar-refractivity contribution in [1.82, 2.24) is 5.32 Å². The number of ether oxygens (including phenoxy) is 1. The Hall–Kier alpha value is -1.77. The molecule has 0 spiro atoms. The van der Waals surface area contributed by atoms with Gasteiger partial charge in [0, 0.05) is 24.7 Å². The Balaban J connectivity index is 2.57. The van der Waals surface area contributed by atoms with Crippen LogP contribution in [-0.4, -0.2) is 31.9 Å². The van der Waals surface area contributed by atoms with Crippen LogP contribution in [0.2, 0.25) is 0 Å². The van der Waals surface area contributed by atoms with Crippen LogP contribution in [0, 0.1) is 11.3 Å². The number of benzene rings is 1. The van der Waals surface area contributed by atoms with Crippen LogP contribution in [0.5, 0.6) is 0 Å². The van der Waals surface area contributed by atoms with Gasteiger partial charge in [0.2, 0.25) is 0 Å². The summed E-state index contributed by atoms with van der Waals surface area (Å²) >= 11 is 1.65. The average Bonchev–Trinajstić information content (AvgIpc) is 2.52. The Labute approximate surface area is 130 Å². The zero-order valence-electron chi connectivity index (χ0n) is 12.4. The van der Waals surface area contributed by atoms with Crippen LogP contribution in [0.15, 0.2) is 34.7 Å². The summed E-state index contributed by atoms with van der Waals surface area (Å²) in [7, 11) is 0. The second-order valence-corrected chi connectivity index (χ2v) is 5.13. The van der Waals surface area contributed by atoms with Crippen molar-refractivity contribution < 1.29 is 9.53 Å². The SMILES string of the molecule is CCOCCCNC(=O)/C(C#N)=C/c1ccc(SC)cc1. The number of thioether (sulfide) groups is 1. The molecule has 0 radical (unpaired) electrons. The molecule has 0 saturated heterocycles. The first-order valence-corrected chi connectivity index (χ1v) is 8.05. The van der Waals surface area contributed by atoms with Gasteiger partial charge in [-0.25, -0.2) is 0 Å². The molecule has 1 aromatic carbocycles. The van der Waals surface area contributed by atoms with Gasteiger partial charge >= 0.3 is 0 Å². The lowest BCUT2D eigenvalue weighted by Crippen LogP contribution is -2.26. The van der Waals surface area contributed by atoms with Crippen molar-refractivity contribution in [3.8, 4) is 6.07 Å². The van der Waals surface area contributed by atoms with E-state index in [0.717, 1.165) is 16.9 Å². The Morgan fingerprint density at radius 2 is 2.14 bits per heavy atom. The molecule has 0 aliphatic heterocycles. The molecular weight excluding hydrogens is 284 g/mol. The van der Waals surface area contributed by atoms with Crippen LogP contribution in [0.3, 0.4) is 0 Å². The number of nitrogens with zero attached hydrogens (tertiary/aromatic N) is 1. The number of carbonyl (C=O) groups excluding carboxylic acids is 1. The molecule has 0 aliphatic rings. The summed E-state index contributed by atoms with van der Waals surface area (Å²) in [4.78, 5) is 13.0. The van der Waals surface area contributed by atoms with Crippen LogP contribution in [0.25, 0.3) is 6.08 Å². The summed E-state index contributed by atoms with van der Waals surface area (Å²) in [5.41, 5.74) is 0.956. The Bertz CT molecular complexity index is 518. The summed E-state index contributed by atoms with van der Waals surface area (Å²) in [5.74, 6) is -0.344. The van der Waals surface area contributed by atoms with Crippen LogP contribution in [0.4, 0.5) is 0 Å². The van der Waals surface area contributed by atoms with E-state index in [4.69, 9.17) is 10.00 Å². The van der Waals surface area contributed by atoms with Gasteiger partial charge in [0.25, 0.3) is 5.91 Å². The molecule has 1 N–H and O–H groups in total. The van der Waals surface area contributed by atoms with Crippen molar-refractivity contribution in [3.63, 3.8) is 0 Å². The molecule has 0 heterocycles. The van der Waals surface area contributed by atoms with E-state index in [1.807, 2.05) is 43.5 Å². The first-order valence-electron chi connectivity index (χ1n) is 6.83. The smallest absolute Gasteiger partial charge is 0.261 e. The third-order valence-corrected chi connectivity index (χ3v) is 3.49. The van der Waals surface area contributed by atoms with Gasteiger partial charge in [-0.2, -0.15) is 5.26 Å². The number of hydrogen-bond acceptors (Lipinski definition) is 4. The predicted molar refractivity (Wildman–Crippen MR) is 85.9 cm³/mol. The molecule has 0 aliphatic carbocycles. The highest BCUT2D eigenvalue weighted by Crippen LogP contribution is 2.16. The highest BCUT2D eigenvalue weighted by atomic mass is 32.2. The van der Waals surface area contributed by atoms with E-state index in [-0.39, 0.29) is 11.5 Å². The van der Waals surface area contributed by atoms with Crippen molar-refractivity contribution in [2.45, 2.75) is 18.2 Å². The molecule has 0 bridgehead atoms. The molecule has 0 saturated carbocycles. The normalized spacial score (nSPS) is 11.0. The number of hydrogen-bond donors (Lipinski definition) is 1. The van der Waals surface area contributed by atoms with Crippen LogP contribution < -0.4 is 5.32 Å². The van der Waals surface area contributed by atoms with E-state index < -0.39 is 0 Å². The number of nitrogens with one attached hydrogen (secondary N) is 1. The topological polar surface area (TPSA) is 62.1 Å². The molecular formula is C16H20N2O2S. The number of rotatable bonds is 8. The Morgan fingerprint density at radius 1 is 1.43 bits per heavy atom. The zero-order chi connectivity index (χ0) is 15.5. The Kier molecular flexibility index (Phi) is 8.25. The average molecular weight is 304 g/mol. The number of carbonyl (C=O) groups is 1. The quantitative estimate of drug-likeness (QED) is 0.347. The van der Waals surface area contributed by atoms with Crippen molar-refractivity contribution in [1.29, 1.82) is 5.26 Å². The summed E-state index contributed by atoms with van der Waals surface area (Å²) < 4.78 is 5.19. The van der Waals surface area contributed by atoms with Gasteiger partial charge in [0.05, 0.1) is 0 Å². The molecule has 1 aromatic rings.